The number of hydrogen-bond acceptors (Lipinski definition) is 5. The summed E-state index contributed by atoms with van der Waals surface area (Å²) < 4.78 is 18.2. The molecular weight excluding hydrogens is 406 g/mol. The zero-order valence-corrected chi connectivity index (χ0v) is 18.1. The Balaban J connectivity index is 1.47. The van der Waals surface area contributed by atoms with Crippen LogP contribution in [0.5, 0.6) is 11.5 Å². The third kappa shape index (κ3) is 3.73. The lowest BCUT2D eigenvalue weighted by Crippen LogP contribution is -2.25. The van der Waals surface area contributed by atoms with Crippen molar-refractivity contribution in [2.75, 3.05) is 6.79 Å². The van der Waals surface area contributed by atoms with Gasteiger partial charge in [-0.2, -0.15) is 5.10 Å². The van der Waals surface area contributed by atoms with Crippen molar-refractivity contribution in [3.63, 3.8) is 0 Å². The van der Waals surface area contributed by atoms with Crippen LogP contribution in [-0.2, 0) is 6.54 Å². The van der Waals surface area contributed by atoms with E-state index in [1.54, 1.807) is 10.7 Å². The highest BCUT2D eigenvalue weighted by atomic mass is 16.7. The van der Waals surface area contributed by atoms with Gasteiger partial charge >= 0.3 is 0 Å². The summed E-state index contributed by atoms with van der Waals surface area (Å²) in [5, 5.41) is 7.69. The Bertz CT molecular complexity index is 1320. The number of carbonyl (C=O) groups is 1. The summed E-state index contributed by atoms with van der Waals surface area (Å²) in [6.45, 7) is 6.49. The number of aryl methyl sites for hydroxylation is 3. The Morgan fingerprint density at radius 1 is 1.00 bits per heavy atom. The van der Waals surface area contributed by atoms with Crippen molar-refractivity contribution < 1.29 is 18.7 Å². The Labute approximate surface area is 185 Å². The molecule has 0 saturated carbocycles. The van der Waals surface area contributed by atoms with Crippen molar-refractivity contribution in [2.24, 2.45) is 0 Å². The minimum atomic E-state index is -0.232. The van der Waals surface area contributed by atoms with E-state index in [0.29, 0.717) is 35.2 Å². The van der Waals surface area contributed by atoms with Gasteiger partial charge in [-0.05, 0) is 62.2 Å². The third-order valence-corrected chi connectivity index (χ3v) is 5.41. The predicted molar refractivity (Wildman–Crippen MR) is 119 cm³/mol. The standard InChI is InChI=1S/C25H23N3O4/c1-15-4-7-20(16(2)10-15)28-21(12-19(27-28)22-8-5-17(3)32-22)25(29)26-13-18-6-9-23-24(11-18)31-14-30-23/h4-12H,13-14H2,1-3H3,(H,26,29). The molecule has 1 aliphatic heterocycles. The maximum absolute atomic E-state index is 13.2. The molecule has 7 nitrogen and oxygen atoms in total. The zero-order valence-electron chi connectivity index (χ0n) is 18.1. The summed E-state index contributed by atoms with van der Waals surface area (Å²) in [6, 6.07) is 17.2. The number of ether oxygens (including phenoxy) is 2. The van der Waals surface area contributed by atoms with Crippen molar-refractivity contribution in [2.45, 2.75) is 27.3 Å². The smallest absolute Gasteiger partial charge is 0.270 e. The molecule has 1 amide bonds. The van der Waals surface area contributed by atoms with Gasteiger partial charge in [-0.15, -0.1) is 0 Å². The van der Waals surface area contributed by atoms with Crippen LogP contribution >= 0.6 is 0 Å². The quantitative estimate of drug-likeness (QED) is 0.497. The molecule has 0 atom stereocenters. The van der Waals surface area contributed by atoms with Crippen LogP contribution in [0.2, 0.25) is 0 Å². The summed E-state index contributed by atoms with van der Waals surface area (Å²) >= 11 is 0. The van der Waals surface area contributed by atoms with Crippen molar-refractivity contribution >= 4 is 5.91 Å². The van der Waals surface area contributed by atoms with Crippen molar-refractivity contribution in [1.29, 1.82) is 0 Å². The second kappa shape index (κ2) is 7.92. The molecule has 2 aromatic carbocycles. The highest BCUT2D eigenvalue weighted by molar-refractivity contribution is 5.94. The van der Waals surface area contributed by atoms with Crippen LogP contribution in [0.25, 0.3) is 17.1 Å². The molecule has 7 heteroatoms. The van der Waals surface area contributed by atoms with Crippen LogP contribution in [0.3, 0.4) is 0 Å². The predicted octanol–water partition coefficient (Wildman–Crippen LogP) is 4.72. The van der Waals surface area contributed by atoms with Crippen LogP contribution in [0, 0.1) is 20.8 Å². The molecule has 0 fully saturated rings. The van der Waals surface area contributed by atoms with Gasteiger partial charge in [0, 0.05) is 12.6 Å². The lowest BCUT2D eigenvalue weighted by Gasteiger charge is -2.11. The summed E-state index contributed by atoms with van der Waals surface area (Å²) in [5.41, 5.74) is 4.97. The summed E-state index contributed by atoms with van der Waals surface area (Å²) in [5.74, 6) is 2.58. The summed E-state index contributed by atoms with van der Waals surface area (Å²) in [6.07, 6.45) is 0. The lowest BCUT2D eigenvalue weighted by atomic mass is 10.1. The molecule has 0 bridgehead atoms. The minimum Gasteiger partial charge on any atom is -0.460 e. The first-order chi connectivity index (χ1) is 15.5. The fourth-order valence-corrected chi connectivity index (χ4v) is 3.79. The van der Waals surface area contributed by atoms with Crippen LogP contribution in [-0.4, -0.2) is 22.5 Å². The summed E-state index contributed by atoms with van der Waals surface area (Å²) in [7, 11) is 0. The number of nitrogens with zero attached hydrogens (tertiary/aromatic N) is 2. The molecule has 0 saturated heterocycles. The van der Waals surface area contributed by atoms with E-state index >= 15 is 0 Å². The number of rotatable bonds is 5. The third-order valence-electron chi connectivity index (χ3n) is 5.41. The molecule has 4 aromatic rings. The number of furan rings is 1. The molecule has 162 valence electrons. The van der Waals surface area contributed by atoms with Gasteiger partial charge in [0.15, 0.2) is 17.3 Å². The van der Waals surface area contributed by atoms with Crippen LogP contribution in [0.15, 0.2) is 59.0 Å². The molecule has 1 aliphatic rings. The van der Waals surface area contributed by atoms with Crippen molar-refractivity contribution in [3.8, 4) is 28.6 Å². The fraction of sp³-hybridized carbons (Fsp3) is 0.200. The summed E-state index contributed by atoms with van der Waals surface area (Å²) in [4.78, 5) is 13.2. The van der Waals surface area contributed by atoms with Crippen molar-refractivity contribution in [3.05, 3.63) is 82.7 Å². The van der Waals surface area contributed by atoms with Gasteiger partial charge in [0.1, 0.15) is 17.1 Å². The van der Waals surface area contributed by atoms with Crippen LogP contribution < -0.4 is 14.8 Å². The Kier molecular flexibility index (Phi) is 4.93. The van der Waals surface area contributed by atoms with Crippen LogP contribution in [0.4, 0.5) is 0 Å². The van der Waals surface area contributed by atoms with E-state index in [2.05, 4.69) is 11.4 Å². The molecule has 3 heterocycles. The van der Waals surface area contributed by atoms with Gasteiger partial charge in [-0.1, -0.05) is 23.8 Å². The Morgan fingerprint density at radius 3 is 2.62 bits per heavy atom. The second-order valence-corrected chi connectivity index (χ2v) is 7.90. The van der Waals surface area contributed by atoms with E-state index in [1.165, 1.54) is 0 Å². The number of benzene rings is 2. The number of aromatic nitrogens is 2. The maximum Gasteiger partial charge on any atom is 0.270 e. The number of carbonyl (C=O) groups excluding carboxylic acids is 1. The SMILES string of the molecule is Cc1ccc(-n2nc(-c3ccc(C)o3)cc2C(=O)NCc2ccc3c(c2)OCO3)c(C)c1. The fourth-order valence-electron chi connectivity index (χ4n) is 3.79. The highest BCUT2D eigenvalue weighted by Crippen LogP contribution is 2.32. The number of fused-ring (bicyclic) bond motifs is 1. The average molecular weight is 429 g/mol. The molecule has 1 N–H and O–H groups in total. The molecule has 0 aliphatic carbocycles. The Hall–Kier alpha value is -4.00. The molecule has 32 heavy (non-hydrogen) atoms. The van der Waals surface area contributed by atoms with E-state index < -0.39 is 0 Å². The maximum atomic E-state index is 13.2. The number of hydrogen-bond donors (Lipinski definition) is 1. The monoisotopic (exact) mass is 429 g/mol. The van der Waals surface area contributed by atoms with Gasteiger partial charge in [-0.3, -0.25) is 4.79 Å². The first-order valence-corrected chi connectivity index (χ1v) is 10.4. The van der Waals surface area contributed by atoms with Gasteiger partial charge in [0.2, 0.25) is 6.79 Å². The van der Waals surface area contributed by atoms with Gasteiger partial charge in [-0.25, -0.2) is 4.68 Å². The molecule has 2 aromatic heterocycles. The van der Waals surface area contributed by atoms with Gasteiger partial charge < -0.3 is 19.2 Å². The van der Waals surface area contributed by atoms with Gasteiger partial charge in [0.05, 0.1) is 5.69 Å². The molecule has 5 rings (SSSR count). The second-order valence-electron chi connectivity index (χ2n) is 7.90. The van der Waals surface area contributed by atoms with E-state index in [9.17, 15) is 4.79 Å². The minimum absolute atomic E-state index is 0.218. The van der Waals surface area contributed by atoms with Crippen LogP contribution in [0.1, 0.15) is 32.9 Å². The van der Waals surface area contributed by atoms with Crippen molar-refractivity contribution in [1.82, 2.24) is 15.1 Å². The Morgan fingerprint density at radius 2 is 1.84 bits per heavy atom. The topological polar surface area (TPSA) is 78.5 Å². The van der Waals surface area contributed by atoms with E-state index in [1.807, 2.05) is 63.2 Å². The molecule has 0 unspecified atom stereocenters. The average Bonchev–Trinajstić information content (AvgIpc) is 3.51. The van der Waals surface area contributed by atoms with Gasteiger partial charge in [0.25, 0.3) is 5.91 Å². The number of amides is 1. The van der Waals surface area contributed by atoms with E-state index in [-0.39, 0.29) is 12.7 Å². The van der Waals surface area contributed by atoms with E-state index in [0.717, 1.165) is 28.1 Å². The number of nitrogens with one attached hydrogen (secondary N) is 1. The first-order valence-electron chi connectivity index (χ1n) is 10.4. The lowest BCUT2D eigenvalue weighted by molar-refractivity contribution is 0.0943. The molecular formula is C25H23N3O4. The zero-order chi connectivity index (χ0) is 22.2. The molecule has 0 radical (unpaired) electrons. The normalized spacial score (nSPS) is 12.2. The first kappa shape index (κ1) is 19.9. The highest BCUT2D eigenvalue weighted by Gasteiger charge is 2.20. The molecule has 0 spiro atoms. The van der Waals surface area contributed by atoms with E-state index in [4.69, 9.17) is 19.0 Å². The largest absolute Gasteiger partial charge is 0.460 e.